The molecule has 35 heavy (non-hydrogen) atoms. The predicted molar refractivity (Wildman–Crippen MR) is 132 cm³/mol. The van der Waals surface area contributed by atoms with Crippen molar-refractivity contribution in [2.45, 2.75) is 26.8 Å². The molecule has 0 radical (unpaired) electrons. The van der Waals surface area contributed by atoms with Crippen LogP contribution in [0.15, 0.2) is 58.5 Å². The van der Waals surface area contributed by atoms with Gasteiger partial charge in [0.2, 0.25) is 5.95 Å². The molecule has 8 nitrogen and oxygen atoms in total. The first kappa shape index (κ1) is 22.7. The largest absolute Gasteiger partial charge is 0.507 e. The Morgan fingerprint density at radius 1 is 1.17 bits per heavy atom. The molecule has 1 unspecified atom stereocenters. The van der Waals surface area contributed by atoms with E-state index < -0.39 is 23.5 Å². The van der Waals surface area contributed by atoms with Crippen LogP contribution in [-0.2, 0) is 9.59 Å². The minimum absolute atomic E-state index is 0.156. The molecular weight excluding hydrogens is 470 g/mol. The Morgan fingerprint density at radius 2 is 1.97 bits per heavy atom. The molecule has 2 aromatic heterocycles. The molecular formula is C26H22ClN3O5. The maximum atomic E-state index is 13.3. The van der Waals surface area contributed by atoms with E-state index in [9.17, 15) is 14.7 Å². The number of furan rings is 1. The van der Waals surface area contributed by atoms with E-state index in [1.807, 2.05) is 32.0 Å². The summed E-state index contributed by atoms with van der Waals surface area (Å²) in [6.45, 7) is 5.93. The fourth-order valence-corrected chi connectivity index (χ4v) is 4.44. The Morgan fingerprint density at radius 3 is 2.69 bits per heavy atom. The van der Waals surface area contributed by atoms with Crippen LogP contribution >= 0.6 is 11.6 Å². The standard InChI is InChI=1S/C26H22ClN3O5/c1-4-34-15-7-8-17(27)16(12-15)23(31)21-22(20-10-6-14(3)35-20)30(25(33)24(21)32)26-28-18-9-5-13(2)11-19(18)29-26/h5-12,22,31H,4H2,1-3H3,(H,28,29)/b23-21+. The number of carbonyl (C=O) groups excluding carboxylic acids is 2. The molecule has 0 bridgehead atoms. The number of hydrogen-bond donors (Lipinski definition) is 2. The number of nitrogens with one attached hydrogen (secondary N) is 1. The second-order valence-corrected chi connectivity index (χ2v) is 8.68. The van der Waals surface area contributed by atoms with Gasteiger partial charge in [-0.3, -0.25) is 14.5 Å². The SMILES string of the molecule is CCOc1ccc(Cl)c(/C(O)=C2\C(=O)C(=O)N(c3nc4ccc(C)cc4[nH]3)C2c2ccc(C)o2)c1. The normalized spacial score (nSPS) is 17.5. The molecule has 2 aromatic carbocycles. The number of aromatic amines is 1. The van der Waals surface area contributed by atoms with E-state index in [1.165, 1.54) is 11.0 Å². The number of fused-ring (bicyclic) bond motifs is 1. The first-order chi connectivity index (χ1) is 16.8. The number of rotatable bonds is 5. The number of hydrogen-bond acceptors (Lipinski definition) is 6. The summed E-state index contributed by atoms with van der Waals surface area (Å²) in [5, 5.41) is 11.5. The molecule has 1 amide bonds. The summed E-state index contributed by atoms with van der Waals surface area (Å²) in [6.07, 6.45) is 0. The van der Waals surface area contributed by atoms with Gasteiger partial charge in [-0.15, -0.1) is 0 Å². The Labute approximate surface area is 205 Å². The topological polar surface area (TPSA) is 109 Å². The molecule has 1 atom stereocenters. The van der Waals surface area contributed by atoms with E-state index in [0.717, 1.165) is 5.56 Å². The van der Waals surface area contributed by atoms with Crippen molar-refractivity contribution in [1.82, 2.24) is 9.97 Å². The summed E-state index contributed by atoms with van der Waals surface area (Å²) in [7, 11) is 0. The highest BCUT2D eigenvalue weighted by Gasteiger charge is 2.49. The number of aliphatic hydroxyl groups excluding tert-OH is 1. The van der Waals surface area contributed by atoms with Crippen molar-refractivity contribution < 1.29 is 23.8 Å². The van der Waals surface area contributed by atoms with Crippen LogP contribution in [0.4, 0.5) is 5.95 Å². The van der Waals surface area contributed by atoms with Crippen LogP contribution in [0.3, 0.4) is 0 Å². The lowest BCUT2D eigenvalue weighted by molar-refractivity contribution is -0.132. The van der Waals surface area contributed by atoms with E-state index in [-0.39, 0.29) is 22.1 Å². The maximum absolute atomic E-state index is 13.3. The summed E-state index contributed by atoms with van der Waals surface area (Å²) in [6, 6.07) is 12.7. The highest BCUT2D eigenvalue weighted by Crippen LogP contribution is 2.43. The Bertz CT molecular complexity index is 1520. The number of amides is 1. The number of H-pyrrole nitrogens is 1. The van der Waals surface area contributed by atoms with Gasteiger partial charge in [0, 0.05) is 5.56 Å². The van der Waals surface area contributed by atoms with Crippen molar-refractivity contribution in [3.05, 3.63) is 81.8 Å². The van der Waals surface area contributed by atoms with E-state index in [2.05, 4.69) is 9.97 Å². The highest BCUT2D eigenvalue weighted by atomic mass is 35.5. The zero-order valence-electron chi connectivity index (χ0n) is 19.3. The number of aliphatic hydroxyl groups is 1. The third kappa shape index (κ3) is 3.85. The van der Waals surface area contributed by atoms with Gasteiger partial charge in [0.1, 0.15) is 29.1 Å². The fourth-order valence-electron chi connectivity index (χ4n) is 4.23. The van der Waals surface area contributed by atoms with Gasteiger partial charge in [-0.1, -0.05) is 17.7 Å². The molecule has 3 heterocycles. The summed E-state index contributed by atoms with van der Waals surface area (Å²) < 4.78 is 11.3. The average Bonchev–Trinajstić information content (AvgIpc) is 3.50. The molecule has 5 rings (SSSR count). The first-order valence-electron chi connectivity index (χ1n) is 11.0. The highest BCUT2D eigenvalue weighted by molar-refractivity contribution is 6.51. The lowest BCUT2D eigenvalue weighted by Gasteiger charge is -2.21. The fraction of sp³-hybridized carbons (Fsp3) is 0.192. The zero-order chi connectivity index (χ0) is 24.9. The third-order valence-corrected chi connectivity index (χ3v) is 6.16. The van der Waals surface area contributed by atoms with Crippen LogP contribution in [0, 0.1) is 13.8 Å². The lowest BCUT2D eigenvalue weighted by Crippen LogP contribution is -2.30. The average molecular weight is 492 g/mol. The first-order valence-corrected chi connectivity index (χ1v) is 11.4. The number of aromatic nitrogens is 2. The zero-order valence-corrected chi connectivity index (χ0v) is 20.0. The summed E-state index contributed by atoms with van der Waals surface area (Å²) in [5.41, 5.74) is 2.37. The van der Waals surface area contributed by atoms with Crippen LogP contribution in [0.25, 0.3) is 16.8 Å². The Kier molecular flexibility index (Phi) is 5.61. The van der Waals surface area contributed by atoms with Crippen LogP contribution in [0.1, 0.15) is 35.6 Å². The number of benzene rings is 2. The van der Waals surface area contributed by atoms with Crippen LogP contribution in [-0.4, -0.2) is 33.4 Å². The number of aryl methyl sites for hydroxylation is 2. The number of ketones is 1. The molecule has 0 saturated carbocycles. The van der Waals surface area contributed by atoms with Crippen molar-refractivity contribution in [3.63, 3.8) is 0 Å². The van der Waals surface area contributed by atoms with Gasteiger partial charge in [0.25, 0.3) is 5.78 Å². The Balaban J connectivity index is 1.72. The lowest BCUT2D eigenvalue weighted by atomic mass is 9.99. The maximum Gasteiger partial charge on any atom is 0.302 e. The molecule has 0 aliphatic carbocycles. The van der Waals surface area contributed by atoms with E-state index in [0.29, 0.717) is 34.9 Å². The van der Waals surface area contributed by atoms with Gasteiger partial charge >= 0.3 is 5.91 Å². The number of imidazole rings is 1. The molecule has 178 valence electrons. The molecule has 1 aliphatic rings. The summed E-state index contributed by atoms with van der Waals surface area (Å²) >= 11 is 6.37. The quantitative estimate of drug-likeness (QED) is 0.218. The molecule has 4 aromatic rings. The third-order valence-electron chi connectivity index (χ3n) is 5.83. The van der Waals surface area contributed by atoms with Crippen LogP contribution in [0.2, 0.25) is 5.02 Å². The number of halogens is 1. The number of Topliss-reactive ketones (excluding diaryl/α,β-unsaturated/α-hetero) is 1. The number of anilines is 1. The smallest absolute Gasteiger partial charge is 0.302 e. The van der Waals surface area contributed by atoms with Crippen molar-refractivity contribution in [1.29, 1.82) is 0 Å². The predicted octanol–water partition coefficient (Wildman–Crippen LogP) is 5.45. The van der Waals surface area contributed by atoms with Gasteiger partial charge in [-0.2, -0.15) is 0 Å². The Hall–Kier alpha value is -4.04. The van der Waals surface area contributed by atoms with E-state index in [1.54, 1.807) is 31.2 Å². The van der Waals surface area contributed by atoms with Gasteiger partial charge in [-0.05, 0) is 68.8 Å². The van der Waals surface area contributed by atoms with E-state index in [4.69, 9.17) is 20.8 Å². The number of carbonyl (C=O) groups is 2. The molecule has 1 aliphatic heterocycles. The number of ether oxygens (including phenoxy) is 1. The summed E-state index contributed by atoms with van der Waals surface area (Å²) in [4.78, 5) is 35.5. The van der Waals surface area contributed by atoms with Gasteiger partial charge < -0.3 is 19.2 Å². The van der Waals surface area contributed by atoms with Gasteiger partial charge in [0.15, 0.2) is 0 Å². The van der Waals surface area contributed by atoms with Crippen LogP contribution < -0.4 is 9.64 Å². The van der Waals surface area contributed by atoms with Crippen LogP contribution in [0.5, 0.6) is 5.75 Å². The molecule has 0 spiro atoms. The molecule has 1 fully saturated rings. The van der Waals surface area contributed by atoms with E-state index >= 15 is 0 Å². The van der Waals surface area contributed by atoms with Gasteiger partial charge in [0.05, 0.1) is 28.2 Å². The molecule has 1 saturated heterocycles. The second kappa shape index (κ2) is 8.63. The minimum atomic E-state index is -1.06. The minimum Gasteiger partial charge on any atom is -0.507 e. The summed E-state index contributed by atoms with van der Waals surface area (Å²) in [5.74, 6) is -0.636. The van der Waals surface area contributed by atoms with Crippen molar-refractivity contribution in [3.8, 4) is 5.75 Å². The number of nitrogens with zero attached hydrogens (tertiary/aromatic N) is 2. The van der Waals surface area contributed by atoms with Crippen molar-refractivity contribution in [2.24, 2.45) is 0 Å². The van der Waals surface area contributed by atoms with Gasteiger partial charge in [-0.25, -0.2) is 4.98 Å². The molecule has 9 heteroatoms. The van der Waals surface area contributed by atoms with Crippen molar-refractivity contribution >= 4 is 46.0 Å². The van der Waals surface area contributed by atoms with Crippen molar-refractivity contribution in [2.75, 3.05) is 11.5 Å². The molecule has 2 N–H and O–H groups in total. The monoisotopic (exact) mass is 491 g/mol. The second-order valence-electron chi connectivity index (χ2n) is 8.27.